The van der Waals surface area contributed by atoms with Gasteiger partial charge in [-0.2, -0.15) is 0 Å². The lowest BCUT2D eigenvalue weighted by Crippen LogP contribution is -1.97. The van der Waals surface area contributed by atoms with Gasteiger partial charge in [-0.05, 0) is 18.6 Å². The van der Waals surface area contributed by atoms with Gasteiger partial charge in [-0.3, -0.25) is 0 Å². The van der Waals surface area contributed by atoms with Crippen molar-refractivity contribution in [2.24, 2.45) is 0 Å². The summed E-state index contributed by atoms with van der Waals surface area (Å²) in [5, 5.41) is 0. The zero-order chi connectivity index (χ0) is 13.7. The summed E-state index contributed by atoms with van der Waals surface area (Å²) in [4.78, 5) is 0. The first kappa shape index (κ1) is 13.2. The monoisotopic (exact) mass is 261 g/mol. The Morgan fingerprint density at radius 1 is 1.11 bits per heavy atom. The lowest BCUT2D eigenvalue weighted by molar-refractivity contribution is 0.316. The van der Waals surface area contributed by atoms with Crippen molar-refractivity contribution in [2.45, 2.75) is 13.3 Å². The van der Waals surface area contributed by atoms with Crippen LogP contribution in [0.5, 0.6) is 17.2 Å². The van der Waals surface area contributed by atoms with Crippen molar-refractivity contribution in [1.29, 1.82) is 0 Å². The van der Waals surface area contributed by atoms with E-state index in [9.17, 15) is 4.39 Å². The molecular weight excluding hydrogens is 245 g/mol. The van der Waals surface area contributed by atoms with E-state index < -0.39 is 5.82 Å². The molecule has 19 heavy (non-hydrogen) atoms. The fourth-order valence-corrected chi connectivity index (χ4v) is 1.61. The molecule has 0 unspecified atom stereocenters. The van der Waals surface area contributed by atoms with Crippen molar-refractivity contribution in [1.82, 2.24) is 0 Å². The Labute approximate surface area is 111 Å². The molecule has 0 atom stereocenters. The molecular formula is C15H16FNO2. The van der Waals surface area contributed by atoms with E-state index in [4.69, 9.17) is 15.2 Å². The highest BCUT2D eigenvalue weighted by Crippen LogP contribution is 2.29. The van der Waals surface area contributed by atoms with Crippen molar-refractivity contribution < 1.29 is 13.9 Å². The van der Waals surface area contributed by atoms with Gasteiger partial charge in [0.2, 0.25) is 0 Å². The number of hydrogen-bond donors (Lipinski definition) is 1. The first-order valence-electron chi connectivity index (χ1n) is 6.15. The summed E-state index contributed by atoms with van der Waals surface area (Å²) < 4.78 is 24.5. The zero-order valence-electron chi connectivity index (χ0n) is 10.7. The maximum Gasteiger partial charge on any atom is 0.165 e. The number of anilines is 1. The van der Waals surface area contributed by atoms with E-state index in [1.165, 1.54) is 6.07 Å². The fraction of sp³-hybridized carbons (Fsp3) is 0.200. The minimum Gasteiger partial charge on any atom is -0.493 e. The maximum absolute atomic E-state index is 13.5. The molecule has 0 aliphatic heterocycles. The first-order chi connectivity index (χ1) is 9.19. The number of rotatable bonds is 5. The molecule has 2 rings (SSSR count). The summed E-state index contributed by atoms with van der Waals surface area (Å²) in [7, 11) is 0. The molecule has 2 aromatic rings. The second-order valence-electron chi connectivity index (χ2n) is 4.12. The molecule has 0 radical (unpaired) electrons. The number of nitrogen functional groups attached to an aromatic ring is 1. The number of hydrogen-bond acceptors (Lipinski definition) is 3. The maximum atomic E-state index is 13.5. The highest BCUT2D eigenvalue weighted by molar-refractivity contribution is 5.51. The molecule has 0 amide bonds. The van der Waals surface area contributed by atoms with Crippen LogP contribution in [0.4, 0.5) is 10.1 Å². The van der Waals surface area contributed by atoms with Crippen LogP contribution in [0.2, 0.25) is 0 Å². The molecule has 0 bridgehead atoms. The minimum absolute atomic E-state index is 0.162. The quantitative estimate of drug-likeness (QED) is 0.828. The standard InChI is InChI=1S/C15H16FNO2/c1-2-7-18-12-8-11(17)9-13(10-12)19-15-6-4-3-5-14(15)16/h3-6,8-10H,2,7,17H2,1H3. The van der Waals surface area contributed by atoms with Gasteiger partial charge in [0.25, 0.3) is 0 Å². The van der Waals surface area contributed by atoms with Crippen LogP contribution in [0, 0.1) is 5.82 Å². The van der Waals surface area contributed by atoms with Crippen LogP contribution in [0.25, 0.3) is 0 Å². The van der Waals surface area contributed by atoms with E-state index >= 15 is 0 Å². The van der Waals surface area contributed by atoms with Crippen LogP contribution in [0.1, 0.15) is 13.3 Å². The van der Waals surface area contributed by atoms with Gasteiger partial charge in [0.05, 0.1) is 6.61 Å². The Kier molecular flexibility index (Phi) is 4.23. The Balaban J connectivity index is 2.20. The predicted molar refractivity (Wildman–Crippen MR) is 73.1 cm³/mol. The van der Waals surface area contributed by atoms with Gasteiger partial charge in [0.15, 0.2) is 11.6 Å². The number of benzene rings is 2. The topological polar surface area (TPSA) is 44.5 Å². The van der Waals surface area contributed by atoms with Crippen molar-refractivity contribution in [3.63, 3.8) is 0 Å². The van der Waals surface area contributed by atoms with Gasteiger partial charge in [0.1, 0.15) is 11.5 Å². The molecule has 2 N–H and O–H groups in total. The molecule has 3 nitrogen and oxygen atoms in total. The number of halogens is 1. The molecule has 0 heterocycles. The molecule has 100 valence electrons. The second kappa shape index (κ2) is 6.09. The van der Waals surface area contributed by atoms with E-state index in [1.54, 1.807) is 36.4 Å². The SMILES string of the molecule is CCCOc1cc(N)cc(Oc2ccccc2F)c1. The average molecular weight is 261 g/mol. The normalized spacial score (nSPS) is 10.2. The molecule has 0 aliphatic carbocycles. The predicted octanol–water partition coefficient (Wildman–Crippen LogP) is 3.99. The highest BCUT2D eigenvalue weighted by atomic mass is 19.1. The minimum atomic E-state index is -0.416. The number of para-hydroxylation sites is 1. The first-order valence-corrected chi connectivity index (χ1v) is 6.15. The van der Waals surface area contributed by atoms with Crippen LogP contribution in [-0.2, 0) is 0 Å². The average Bonchev–Trinajstić information content (AvgIpc) is 2.38. The van der Waals surface area contributed by atoms with Crippen LogP contribution >= 0.6 is 0 Å². The summed E-state index contributed by atoms with van der Waals surface area (Å²) in [5.41, 5.74) is 6.28. The third-order valence-corrected chi connectivity index (χ3v) is 2.44. The van der Waals surface area contributed by atoms with E-state index in [1.807, 2.05) is 6.92 Å². The number of nitrogens with two attached hydrogens (primary N) is 1. The van der Waals surface area contributed by atoms with Crippen molar-refractivity contribution in [2.75, 3.05) is 12.3 Å². The van der Waals surface area contributed by atoms with Crippen LogP contribution < -0.4 is 15.2 Å². The molecule has 0 saturated heterocycles. The van der Waals surface area contributed by atoms with Crippen LogP contribution in [0.15, 0.2) is 42.5 Å². The van der Waals surface area contributed by atoms with Gasteiger partial charge in [0, 0.05) is 23.9 Å². The van der Waals surface area contributed by atoms with Crippen molar-refractivity contribution >= 4 is 5.69 Å². The van der Waals surface area contributed by atoms with Gasteiger partial charge in [-0.1, -0.05) is 19.1 Å². The smallest absolute Gasteiger partial charge is 0.165 e. The van der Waals surface area contributed by atoms with Crippen molar-refractivity contribution in [3.05, 3.63) is 48.3 Å². The Bertz CT molecular complexity index is 558. The van der Waals surface area contributed by atoms with E-state index in [2.05, 4.69) is 0 Å². The summed E-state index contributed by atoms with van der Waals surface area (Å²) in [6, 6.07) is 11.3. The third-order valence-electron chi connectivity index (χ3n) is 2.44. The lowest BCUT2D eigenvalue weighted by Gasteiger charge is -2.10. The molecule has 4 heteroatoms. The van der Waals surface area contributed by atoms with Gasteiger partial charge < -0.3 is 15.2 Å². The third kappa shape index (κ3) is 3.61. The summed E-state index contributed by atoms with van der Waals surface area (Å²) in [6.07, 6.45) is 0.901. The molecule has 0 aliphatic rings. The molecule has 0 fully saturated rings. The molecule has 0 saturated carbocycles. The van der Waals surface area contributed by atoms with Gasteiger partial charge >= 0.3 is 0 Å². The summed E-state index contributed by atoms with van der Waals surface area (Å²) >= 11 is 0. The molecule has 2 aromatic carbocycles. The van der Waals surface area contributed by atoms with Gasteiger partial charge in [-0.15, -0.1) is 0 Å². The second-order valence-corrected chi connectivity index (χ2v) is 4.12. The Hall–Kier alpha value is -2.23. The Morgan fingerprint density at radius 2 is 1.84 bits per heavy atom. The van der Waals surface area contributed by atoms with Crippen LogP contribution in [0.3, 0.4) is 0 Å². The van der Waals surface area contributed by atoms with Crippen LogP contribution in [-0.4, -0.2) is 6.61 Å². The lowest BCUT2D eigenvalue weighted by atomic mass is 10.2. The Morgan fingerprint density at radius 3 is 2.58 bits per heavy atom. The molecule has 0 aromatic heterocycles. The highest BCUT2D eigenvalue weighted by Gasteiger charge is 2.06. The van der Waals surface area contributed by atoms with Crippen molar-refractivity contribution in [3.8, 4) is 17.2 Å². The summed E-state index contributed by atoms with van der Waals surface area (Å²) in [6.45, 7) is 2.62. The summed E-state index contributed by atoms with van der Waals surface area (Å²) in [5.74, 6) is 0.819. The zero-order valence-corrected chi connectivity index (χ0v) is 10.7. The van der Waals surface area contributed by atoms with E-state index in [0.717, 1.165) is 6.42 Å². The van der Waals surface area contributed by atoms with E-state index in [-0.39, 0.29) is 5.75 Å². The van der Waals surface area contributed by atoms with E-state index in [0.29, 0.717) is 23.8 Å². The number of ether oxygens (including phenoxy) is 2. The molecule has 0 spiro atoms. The van der Waals surface area contributed by atoms with Gasteiger partial charge in [-0.25, -0.2) is 4.39 Å². The largest absolute Gasteiger partial charge is 0.493 e. The fourth-order valence-electron chi connectivity index (χ4n) is 1.61.